The Morgan fingerprint density at radius 1 is 0.931 bits per heavy atom. The van der Waals surface area contributed by atoms with Gasteiger partial charge in [0.1, 0.15) is 22.5 Å². The monoisotopic (exact) mass is 388 g/mol. The van der Waals surface area contributed by atoms with Crippen molar-refractivity contribution in [3.63, 3.8) is 0 Å². The van der Waals surface area contributed by atoms with Crippen LogP contribution in [0, 0.1) is 0 Å². The first kappa shape index (κ1) is 18.5. The summed E-state index contributed by atoms with van der Waals surface area (Å²) >= 11 is 0. The minimum atomic E-state index is -0.203. The zero-order valence-corrected chi connectivity index (χ0v) is 16.1. The molecular formula is C22H20N4O3. The summed E-state index contributed by atoms with van der Waals surface area (Å²) in [7, 11) is 1.59. The van der Waals surface area contributed by atoms with Gasteiger partial charge in [0.2, 0.25) is 0 Å². The minimum absolute atomic E-state index is 0.203. The van der Waals surface area contributed by atoms with Gasteiger partial charge in [-0.15, -0.1) is 10.2 Å². The molecule has 4 aromatic rings. The normalized spacial score (nSPS) is 10.7. The van der Waals surface area contributed by atoms with Gasteiger partial charge in [-0.2, -0.15) is 4.80 Å². The minimum Gasteiger partial charge on any atom is -0.497 e. The summed E-state index contributed by atoms with van der Waals surface area (Å²) in [5.41, 5.74) is 3.45. The van der Waals surface area contributed by atoms with Crippen LogP contribution in [0.15, 0.2) is 66.7 Å². The van der Waals surface area contributed by atoms with E-state index in [0.29, 0.717) is 29.1 Å². The first-order valence-electron chi connectivity index (χ1n) is 9.22. The second-order valence-corrected chi connectivity index (χ2v) is 6.30. The van der Waals surface area contributed by atoms with Crippen LogP contribution in [0.3, 0.4) is 0 Å². The number of rotatable bonds is 6. The van der Waals surface area contributed by atoms with Crippen LogP contribution in [0.2, 0.25) is 0 Å². The van der Waals surface area contributed by atoms with E-state index in [4.69, 9.17) is 9.47 Å². The summed E-state index contributed by atoms with van der Waals surface area (Å²) in [4.78, 5) is 14.0. The Hall–Kier alpha value is -3.87. The van der Waals surface area contributed by atoms with Crippen molar-refractivity contribution >= 4 is 22.6 Å². The molecule has 0 spiro atoms. The number of methoxy groups -OCH3 is 1. The molecule has 0 bridgehead atoms. The van der Waals surface area contributed by atoms with Crippen molar-refractivity contribution in [3.8, 4) is 17.2 Å². The van der Waals surface area contributed by atoms with Crippen molar-refractivity contribution in [1.82, 2.24) is 15.0 Å². The maximum absolute atomic E-state index is 12.5. The summed E-state index contributed by atoms with van der Waals surface area (Å²) in [5, 5.41) is 11.9. The van der Waals surface area contributed by atoms with Crippen LogP contribution >= 0.6 is 0 Å². The highest BCUT2D eigenvalue weighted by Gasteiger charge is 2.10. The zero-order valence-electron chi connectivity index (χ0n) is 16.1. The number of fused-ring (bicyclic) bond motifs is 1. The summed E-state index contributed by atoms with van der Waals surface area (Å²) in [6, 6.07) is 19.9. The number of aromatic nitrogens is 3. The quantitative estimate of drug-likeness (QED) is 0.538. The number of anilines is 1. The summed E-state index contributed by atoms with van der Waals surface area (Å²) in [6.45, 7) is 2.56. The van der Waals surface area contributed by atoms with Gasteiger partial charge in [-0.25, -0.2) is 0 Å². The molecule has 7 nitrogen and oxygen atoms in total. The van der Waals surface area contributed by atoms with E-state index in [2.05, 4.69) is 15.5 Å². The van der Waals surface area contributed by atoms with Gasteiger partial charge in [0, 0.05) is 11.3 Å². The maximum Gasteiger partial charge on any atom is 0.255 e. The fraction of sp³-hybridized carbons (Fsp3) is 0.136. The molecule has 0 atom stereocenters. The number of hydrogen-bond acceptors (Lipinski definition) is 5. The van der Waals surface area contributed by atoms with Crippen molar-refractivity contribution in [1.29, 1.82) is 0 Å². The van der Waals surface area contributed by atoms with Crippen LogP contribution in [0.5, 0.6) is 11.5 Å². The zero-order chi connectivity index (χ0) is 20.2. The molecule has 0 aliphatic carbocycles. The Bertz CT molecular complexity index is 1140. The van der Waals surface area contributed by atoms with Gasteiger partial charge >= 0.3 is 0 Å². The molecule has 1 aromatic heterocycles. The van der Waals surface area contributed by atoms with Crippen LogP contribution in [0.4, 0.5) is 5.69 Å². The smallest absolute Gasteiger partial charge is 0.255 e. The third kappa shape index (κ3) is 4.03. The molecule has 3 aromatic carbocycles. The lowest BCUT2D eigenvalue weighted by Crippen LogP contribution is -2.11. The summed E-state index contributed by atoms with van der Waals surface area (Å²) in [5.74, 6) is 1.30. The highest BCUT2D eigenvalue weighted by Crippen LogP contribution is 2.20. The van der Waals surface area contributed by atoms with Crippen LogP contribution in [-0.2, 0) is 0 Å². The molecule has 0 saturated carbocycles. The van der Waals surface area contributed by atoms with Crippen molar-refractivity contribution in [2.75, 3.05) is 19.0 Å². The fourth-order valence-corrected chi connectivity index (χ4v) is 2.90. The molecule has 7 heteroatoms. The molecule has 146 valence electrons. The number of carbonyl (C=O) groups excluding carboxylic acids is 1. The van der Waals surface area contributed by atoms with Crippen LogP contribution < -0.4 is 14.8 Å². The van der Waals surface area contributed by atoms with Crippen LogP contribution in [0.25, 0.3) is 16.7 Å². The first-order valence-corrected chi connectivity index (χ1v) is 9.22. The number of carbonyl (C=O) groups is 1. The van der Waals surface area contributed by atoms with Gasteiger partial charge in [0.15, 0.2) is 0 Å². The molecule has 1 N–H and O–H groups in total. The topological polar surface area (TPSA) is 78.3 Å². The van der Waals surface area contributed by atoms with Crippen LogP contribution in [0.1, 0.15) is 17.3 Å². The lowest BCUT2D eigenvalue weighted by atomic mass is 10.2. The number of benzene rings is 3. The molecule has 0 aliphatic rings. The second kappa shape index (κ2) is 8.02. The molecule has 0 unspecified atom stereocenters. The lowest BCUT2D eigenvalue weighted by molar-refractivity contribution is 0.102. The number of hydrogen-bond donors (Lipinski definition) is 1. The average molecular weight is 388 g/mol. The number of ether oxygens (including phenoxy) is 2. The molecule has 29 heavy (non-hydrogen) atoms. The second-order valence-electron chi connectivity index (χ2n) is 6.30. The molecule has 0 aliphatic heterocycles. The van der Waals surface area contributed by atoms with E-state index in [-0.39, 0.29) is 5.91 Å². The van der Waals surface area contributed by atoms with Gasteiger partial charge in [0.05, 0.1) is 19.4 Å². The van der Waals surface area contributed by atoms with Crippen molar-refractivity contribution in [2.24, 2.45) is 0 Å². The summed E-state index contributed by atoms with van der Waals surface area (Å²) in [6.07, 6.45) is 0. The van der Waals surface area contributed by atoms with Crippen LogP contribution in [-0.4, -0.2) is 34.6 Å². The molecule has 1 heterocycles. The van der Waals surface area contributed by atoms with Crippen molar-refractivity contribution in [3.05, 3.63) is 72.3 Å². The van der Waals surface area contributed by atoms with E-state index < -0.39 is 0 Å². The maximum atomic E-state index is 12.5. The van der Waals surface area contributed by atoms with Gasteiger partial charge in [-0.1, -0.05) is 0 Å². The van der Waals surface area contributed by atoms with E-state index in [1.165, 1.54) is 0 Å². The Morgan fingerprint density at radius 2 is 1.62 bits per heavy atom. The van der Waals surface area contributed by atoms with Crippen molar-refractivity contribution in [2.45, 2.75) is 6.92 Å². The number of nitrogens with one attached hydrogen (secondary N) is 1. The Balaban J connectivity index is 1.53. The number of amides is 1. The first-order chi connectivity index (χ1) is 14.2. The number of nitrogens with zero attached hydrogens (tertiary/aromatic N) is 3. The van der Waals surface area contributed by atoms with Gasteiger partial charge < -0.3 is 14.8 Å². The highest BCUT2D eigenvalue weighted by molar-refractivity contribution is 6.05. The molecule has 1 amide bonds. The molecule has 0 radical (unpaired) electrons. The third-order valence-corrected chi connectivity index (χ3v) is 4.37. The van der Waals surface area contributed by atoms with Gasteiger partial charge in [0.25, 0.3) is 5.91 Å². The largest absolute Gasteiger partial charge is 0.497 e. The van der Waals surface area contributed by atoms with Gasteiger partial charge in [-0.05, 0) is 73.7 Å². The predicted molar refractivity (Wildman–Crippen MR) is 111 cm³/mol. The lowest BCUT2D eigenvalue weighted by Gasteiger charge is -2.06. The molecular weight excluding hydrogens is 368 g/mol. The van der Waals surface area contributed by atoms with E-state index in [0.717, 1.165) is 17.0 Å². The molecule has 0 saturated heterocycles. The SMILES string of the molecule is CCOc1ccc(-n2nc3ccc(NC(=O)c4ccc(OC)cc4)cc3n2)cc1. The van der Waals surface area contributed by atoms with Gasteiger partial charge in [-0.3, -0.25) is 4.79 Å². The van der Waals surface area contributed by atoms with E-state index in [1.807, 2.05) is 37.3 Å². The predicted octanol–water partition coefficient (Wildman–Crippen LogP) is 4.08. The highest BCUT2D eigenvalue weighted by atomic mass is 16.5. The third-order valence-electron chi connectivity index (χ3n) is 4.37. The Labute approximate surface area is 167 Å². The average Bonchev–Trinajstić information content (AvgIpc) is 3.18. The molecule has 0 fully saturated rings. The fourth-order valence-electron chi connectivity index (χ4n) is 2.90. The van der Waals surface area contributed by atoms with Crippen molar-refractivity contribution < 1.29 is 14.3 Å². The Kier molecular flexibility index (Phi) is 5.11. The van der Waals surface area contributed by atoms with E-state index >= 15 is 0 Å². The standard InChI is InChI=1S/C22H20N4O3/c1-3-29-19-11-7-17(8-12-19)26-24-20-13-6-16(14-21(20)25-26)23-22(27)15-4-9-18(28-2)10-5-15/h4-14H,3H2,1-2H3,(H,23,27). The molecule has 4 rings (SSSR count). The Morgan fingerprint density at radius 3 is 2.31 bits per heavy atom. The van der Waals surface area contributed by atoms with E-state index in [1.54, 1.807) is 48.3 Å². The summed E-state index contributed by atoms with van der Waals surface area (Å²) < 4.78 is 10.6. The van der Waals surface area contributed by atoms with E-state index in [9.17, 15) is 4.79 Å².